The second-order valence-corrected chi connectivity index (χ2v) is 9.60. The highest BCUT2D eigenvalue weighted by Gasteiger charge is 2.32. The van der Waals surface area contributed by atoms with Crippen LogP contribution in [0.1, 0.15) is 18.4 Å². The number of halogens is 2. The van der Waals surface area contributed by atoms with Gasteiger partial charge in [-0.05, 0) is 49.6 Å². The van der Waals surface area contributed by atoms with Gasteiger partial charge in [-0.2, -0.15) is 4.31 Å². The van der Waals surface area contributed by atoms with Crippen LogP contribution in [-0.4, -0.2) is 36.9 Å². The topological polar surface area (TPSA) is 59.5 Å². The third-order valence-electron chi connectivity index (χ3n) is 4.78. The monoisotopic (exact) mass is 424 g/mol. The maximum absolute atomic E-state index is 13.9. The summed E-state index contributed by atoms with van der Waals surface area (Å²) in [5.74, 6) is -1.74. The van der Waals surface area contributed by atoms with E-state index in [0.29, 0.717) is 18.0 Å². The molecule has 1 saturated heterocycles. The fourth-order valence-electron chi connectivity index (χ4n) is 3.26. The normalized spacial score (nSPS) is 16.5. The van der Waals surface area contributed by atoms with Crippen molar-refractivity contribution in [2.45, 2.75) is 30.8 Å². The highest BCUT2D eigenvalue weighted by Crippen LogP contribution is 2.32. The van der Waals surface area contributed by atoms with Crippen molar-refractivity contribution in [1.82, 2.24) is 9.29 Å². The van der Waals surface area contributed by atoms with Crippen molar-refractivity contribution >= 4 is 31.6 Å². The number of hydrogen-bond donors (Lipinski definition) is 0. The van der Waals surface area contributed by atoms with E-state index in [1.165, 1.54) is 15.6 Å². The first-order valence-electron chi connectivity index (χ1n) is 8.82. The molecule has 4 rings (SSSR count). The fraction of sp³-hybridized carbons (Fsp3) is 0.316. The van der Waals surface area contributed by atoms with Crippen molar-refractivity contribution < 1.29 is 21.9 Å². The first-order chi connectivity index (χ1) is 13.3. The van der Waals surface area contributed by atoms with Gasteiger partial charge in [-0.3, -0.25) is 0 Å². The number of rotatable bonds is 4. The van der Waals surface area contributed by atoms with Crippen LogP contribution in [0.25, 0.3) is 10.2 Å². The molecule has 0 amide bonds. The smallest absolute Gasteiger partial charge is 0.274 e. The van der Waals surface area contributed by atoms with Gasteiger partial charge in [0.25, 0.3) is 5.19 Å². The number of fused-ring (bicyclic) bond motifs is 1. The van der Waals surface area contributed by atoms with E-state index < -0.39 is 26.6 Å². The van der Waals surface area contributed by atoms with Gasteiger partial charge in [0.15, 0.2) is 0 Å². The molecular formula is C19H18F2N2O3S2. The van der Waals surface area contributed by atoms with Crippen LogP contribution in [0, 0.1) is 18.6 Å². The summed E-state index contributed by atoms with van der Waals surface area (Å²) >= 11 is 1.46. The number of para-hydroxylation sites is 1. The Labute approximate surface area is 165 Å². The van der Waals surface area contributed by atoms with Gasteiger partial charge in [-0.1, -0.05) is 23.5 Å². The third kappa shape index (κ3) is 3.61. The van der Waals surface area contributed by atoms with Crippen molar-refractivity contribution in [3.05, 3.63) is 53.6 Å². The SMILES string of the molecule is Cc1cccc2sc(OC3CCN(S(=O)(=O)c4cc(F)ccc4F)CC3)nc12. The Morgan fingerprint density at radius 3 is 2.64 bits per heavy atom. The first-order valence-corrected chi connectivity index (χ1v) is 11.1. The third-order valence-corrected chi connectivity index (χ3v) is 7.61. The molecule has 0 bridgehead atoms. The Kier molecular flexibility index (Phi) is 5.07. The van der Waals surface area contributed by atoms with Crippen LogP contribution in [-0.2, 0) is 10.0 Å². The van der Waals surface area contributed by atoms with Crippen LogP contribution in [0.2, 0.25) is 0 Å². The number of piperidine rings is 1. The van der Waals surface area contributed by atoms with Crippen molar-refractivity contribution in [2.75, 3.05) is 13.1 Å². The molecule has 2 heterocycles. The van der Waals surface area contributed by atoms with E-state index in [-0.39, 0.29) is 19.2 Å². The molecule has 0 radical (unpaired) electrons. The molecule has 1 aliphatic heterocycles. The van der Waals surface area contributed by atoms with Crippen LogP contribution in [0.5, 0.6) is 5.19 Å². The lowest BCUT2D eigenvalue weighted by atomic mass is 10.1. The van der Waals surface area contributed by atoms with Crippen molar-refractivity contribution in [3.8, 4) is 5.19 Å². The zero-order valence-corrected chi connectivity index (χ0v) is 16.7. The Hall–Kier alpha value is -2.10. The Morgan fingerprint density at radius 2 is 1.93 bits per heavy atom. The molecule has 28 heavy (non-hydrogen) atoms. The zero-order valence-electron chi connectivity index (χ0n) is 15.1. The molecule has 1 aliphatic rings. The zero-order chi connectivity index (χ0) is 19.9. The first kappa shape index (κ1) is 19.2. The number of thiazole rings is 1. The molecule has 0 saturated carbocycles. The molecule has 0 atom stereocenters. The molecule has 0 aliphatic carbocycles. The Balaban J connectivity index is 1.45. The van der Waals surface area contributed by atoms with E-state index in [1.54, 1.807) is 0 Å². The van der Waals surface area contributed by atoms with Gasteiger partial charge in [-0.25, -0.2) is 22.2 Å². The lowest BCUT2D eigenvalue weighted by molar-refractivity contribution is 0.135. The average molecular weight is 424 g/mol. The van der Waals surface area contributed by atoms with E-state index in [4.69, 9.17) is 4.74 Å². The van der Waals surface area contributed by atoms with Crippen LogP contribution in [0.15, 0.2) is 41.3 Å². The Morgan fingerprint density at radius 1 is 1.18 bits per heavy atom. The quantitative estimate of drug-likeness (QED) is 0.632. The number of aromatic nitrogens is 1. The number of hydrogen-bond acceptors (Lipinski definition) is 5. The van der Waals surface area contributed by atoms with Gasteiger partial charge in [0, 0.05) is 13.1 Å². The van der Waals surface area contributed by atoms with Gasteiger partial charge in [0.05, 0.1) is 10.2 Å². The largest absolute Gasteiger partial charge is 0.467 e. The van der Waals surface area contributed by atoms with E-state index in [2.05, 4.69) is 4.98 Å². The van der Waals surface area contributed by atoms with Gasteiger partial charge < -0.3 is 4.74 Å². The standard InChI is InChI=1S/C19H18F2N2O3S2/c1-12-3-2-4-16-18(12)22-19(27-16)26-14-7-9-23(10-8-14)28(24,25)17-11-13(20)5-6-15(17)21/h2-6,11,14H,7-10H2,1H3. The predicted octanol–water partition coefficient (Wildman–Crippen LogP) is 4.12. The maximum Gasteiger partial charge on any atom is 0.274 e. The summed E-state index contributed by atoms with van der Waals surface area (Å²) in [5.41, 5.74) is 1.98. The van der Waals surface area contributed by atoms with Crippen LogP contribution < -0.4 is 4.74 Å². The number of benzene rings is 2. The summed E-state index contributed by atoms with van der Waals surface area (Å²) in [6, 6.07) is 8.38. The molecule has 5 nitrogen and oxygen atoms in total. The second kappa shape index (κ2) is 7.38. The highest BCUT2D eigenvalue weighted by molar-refractivity contribution is 7.89. The minimum atomic E-state index is -4.09. The maximum atomic E-state index is 13.9. The van der Waals surface area contributed by atoms with Gasteiger partial charge in [0.1, 0.15) is 22.6 Å². The van der Waals surface area contributed by atoms with Crippen LogP contribution >= 0.6 is 11.3 Å². The molecule has 9 heteroatoms. The molecule has 2 aromatic carbocycles. The number of aryl methyl sites for hydroxylation is 1. The van der Waals surface area contributed by atoms with Crippen molar-refractivity contribution in [1.29, 1.82) is 0 Å². The molecule has 3 aromatic rings. The second-order valence-electron chi connectivity index (χ2n) is 6.70. The van der Waals surface area contributed by atoms with E-state index >= 15 is 0 Å². The minimum absolute atomic E-state index is 0.173. The molecular weight excluding hydrogens is 406 g/mol. The van der Waals surface area contributed by atoms with Crippen molar-refractivity contribution in [3.63, 3.8) is 0 Å². The van der Waals surface area contributed by atoms with E-state index in [0.717, 1.165) is 34.0 Å². The van der Waals surface area contributed by atoms with Gasteiger partial charge >= 0.3 is 0 Å². The summed E-state index contributed by atoms with van der Waals surface area (Å²) in [6.45, 7) is 2.33. The molecule has 0 unspecified atom stereocenters. The molecule has 148 valence electrons. The summed E-state index contributed by atoms with van der Waals surface area (Å²) in [5, 5.41) is 0.557. The average Bonchev–Trinajstić information content (AvgIpc) is 3.08. The lowest BCUT2D eigenvalue weighted by Gasteiger charge is -2.30. The molecule has 1 fully saturated rings. The van der Waals surface area contributed by atoms with Gasteiger partial charge in [-0.15, -0.1) is 0 Å². The summed E-state index contributed by atoms with van der Waals surface area (Å²) in [7, 11) is -4.09. The molecule has 0 N–H and O–H groups in total. The summed E-state index contributed by atoms with van der Waals surface area (Å²) in [4.78, 5) is 3.89. The number of ether oxygens (including phenoxy) is 1. The highest BCUT2D eigenvalue weighted by atomic mass is 32.2. The predicted molar refractivity (Wildman–Crippen MR) is 103 cm³/mol. The molecule has 1 aromatic heterocycles. The summed E-state index contributed by atoms with van der Waals surface area (Å²) in [6.07, 6.45) is 0.723. The number of nitrogens with zero attached hydrogens (tertiary/aromatic N) is 2. The molecule has 0 spiro atoms. The van der Waals surface area contributed by atoms with E-state index in [9.17, 15) is 17.2 Å². The Bertz CT molecular complexity index is 1120. The number of sulfonamides is 1. The lowest BCUT2D eigenvalue weighted by Crippen LogP contribution is -2.42. The van der Waals surface area contributed by atoms with Crippen LogP contribution in [0.3, 0.4) is 0 Å². The fourth-order valence-corrected chi connectivity index (χ4v) is 5.77. The van der Waals surface area contributed by atoms with Crippen molar-refractivity contribution in [2.24, 2.45) is 0 Å². The van der Waals surface area contributed by atoms with E-state index in [1.807, 2.05) is 25.1 Å². The minimum Gasteiger partial charge on any atom is -0.467 e. The van der Waals surface area contributed by atoms with Crippen LogP contribution in [0.4, 0.5) is 8.78 Å². The summed E-state index contributed by atoms with van der Waals surface area (Å²) < 4.78 is 60.8. The van der Waals surface area contributed by atoms with Gasteiger partial charge in [0.2, 0.25) is 10.0 Å².